The van der Waals surface area contributed by atoms with Crippen molar-refractivity contribution in [2.24, 2.45) is 67.0 Å². The van der Waals surface area contributed by atoms with Gasteiger partial charge in [0, 0.05) is 35.0 Å². The Bertz CT molecular complexity index is 1800. The van der Waals surface area contributed by atoms with Gasteiger partial charge in [-0.2, -0.15) is 0 Å². The molecule has 4 N–H and O–H groups in total. The van der Waals surface area contributed by atoms with E-state index in [1.165, 1.54) is 38.5 Å². The van der Waals surface area contributed by atoms with Crippen LogP contribution < -0.4 is 0 Å². The summed E-state index contributed by atoms with van der Waals surface area (Å²) in [6.45, 7) is 11.6. The van der Waals surface area contributed by atoms with Gasteiger partial charge in [0.1, 0.15) is 0 Å². The quantitative estimate of drug-likeness (QED) is 0.185. The van der Waals surface area contributed by atoms with Crippen molar-refractivity contribution in [2.75, 3.05) is 6.61 Å². The minimum atomic E-state index is -1.45. The number of benzene rings is 1. The molecule has 8 aliphatic rings. The molecule has 6 heteroatoms. The summed E-state index contributed by atoms with van der Waals surface area (Å²) < 4.78 is 7.03. The van der Waals surface area contributed by atoms with Crippen molar-refractivity contribution in [3.8, 4) is 11.8 Å². The molecule has 0 unspecified atom stereocenters. The summed E-state index contributed by atoms with van der Waals surface area (Å²) >= 11 is 0. The molecule has 320 valence electrons. The van der Waals surface area contributed by atoms with Crippen LogP contribution in [-0.2, 0) is 16.0 Å². The summed E-state index contributed by atoms with van der Waals surface area (Å²) in [5.74, 6) is 7.61. The second-order valence-electron chi connectivity index (χ2n) is 23.0. The lowest BCUT2D eigenvalue weighted by Crippen LogP contribution is -2.80. The van der Waals surface area contributed by atoms with Gasteiger partial charge >= 0.3 is 5.97 Å². The lowest BCUT2D eigenvalue weighted by atomic mass is 9.21. The molecule has 1 aromatic rings. The van der Waals surface area contributed by atoms with Gasteiger partial charge in [-0.3, -0.25) is 4.79 Å². The normalized spacial score (nSPS) is 50.8. The average molecular weight is 797 g/mol. The van der Waals surface area contributed by atoms with Gasteiger partial charge in [0.2, 0.25) is 0 Å². The molecule has 7 fully saturated rings. The van der Waals surface area contributed by atoms with Gasteiger partial charge in [-0.15, -0.1) is 5.92 Å². The number of hydrogen-bond donors (Lipinski definition) is 4. The molecule has 1 heterocycles. The summed E-state index contributed by atoms with van der Waals surface area (Å²) in [5.41, 5.74) is -2.60. The fraction of sp³-hybridized carbons (Fsp3) is 0.827. The maximum absolute atomic E-state index is 13.2. The molecule has 1 saturated heterocycles. The van der Waals surface area contributed by atoms with Gasteiger partial charge in [-0.05, 0) is 142 Å². The predicted molar refractivity (Wildman–Crippen MR) is 227 cm³/mol. The van der Waals surface area contributed by atoms with Crippen LogP contribution in [0.3, 0.4) is 0 Å². The van der Waals surface area contributed by atoms with E-state index in [0.717, 1.165) is 101 Å². The lowest BCUT2D eigenvalue weighted by molar-refractivity contribution is -0.357. The summed E-state index contributed by atoms with van der Waals surface area (Å²) in [5, 5.41) is 49.1. The van der Waals surface area contributed by atoms with Crippen LogP contribution in [0, 0.1) is 78.8 Å². The first-order chi connectivity index (χ1) is 27.6. The predicted octanol–water partition coefficient (Wildman–Crippen LogP) is 10.5. The first kappa shape index (κ1) is 41.4. The molecule has 0 aromatic heterocycles. The molecule has 6 nitrogen and oxygen atoms in total. The topological polar surface area (TPSA) is 107 Å². The highest BCUT2D eigenvalue weighted by atomic mass is 16.6. The SMILES string of the molecule is CCC[C@H]1[C@@]23CC[C@@]45C#CC[C@@H](CCC6CCCC6)CC[C@@]6(CC[C@@]4(C)[C@]2(CO)[C@H](O)C[C@]1(O)O[C@@H]3Cc1ccccc1)[C@@H]1C[C@](C)(C(=O)O)CC[C@@]1(C)CC[C@@]65C. The number of carboxylic acids is 1. The highest BCUT2D eigenvalue weighted by molar-refractivity contribution is 5.74. The van der Waals surface area contributed by atoms with E-state index in [1.807, 2.05) is 13.0 Å². The van der Waals surface area contributed by atoms with Crippen LogP contribution in [0.4, 0.5) is 0 Å². The van der Waals surface area contributed by atoms with E-state index in [1.54, 1.807) is 0 Å². The zero-order valence-electron chi connectivity index (χ0n) is 36.7. The molecule has 1 aromatic carbocycles. The van der Waals surface area contributed by atoms with Gasteiger partial charge in [0.05, 0.1) is 24.2 Å². The van der Waals surface area contributed by atoms with Gasteiger partial charge < -0.3 is 25.2 Å². The van der Waals surface area contributed by atoms with Crippen LogP contribution in [0.15, 0.2) is 30.3 Å². The molecule has 6 saturated carbocycles. The maximum atomic E-state index is 13.2. The Morgan fingerprint density at radius 1 is 0.828 bits per heavy atom. The van der Waals surface area contributed by atoms with Gasteiger partial charge in [0.25, 0.3) is 0 Å². The molecule has 0 radical (unpaired) electrons. The summed E-state index contributed by atoms with van der Waals surface area (Å²) in [7, 11) is 0. The van der Waals surface area contributed by atoms with Gasteiger partial charge in [-0.25, -0.2) is 0 Å². The zero-order chi connectivity index (χ0) is 41.0. The Hall–Kier alpha value is -1.91. The van der Waals surface area contributed by atoms with Crippen molar-refractivity contribution < 1.29 is 30.0 Å². The van der Waals surface area contributed by atoms with Crippen LogP contribution in [0.2, 0.25) is 0 Å². The van der Waals surface area contributed by atoms with Crippen LogP contribution >= 0.6 is 0 Å². The second-order valence-corrected chi connectivity index (χ2v) is 23.0. The number of carbonyl (C=O) groups is 1. The monoisotopic (exact) mass is 797 g/mol. The third-order valence-electron chi connectivity index (χ3n) is 21.3. The van der Waals surface area contributed by atoms with Crippen molar-refractivity contribution in [1.82, 2.24) is 0 Å². The molecular weight excluding hydrogens is 721 g/mol. The maximum Gasteiger partial charge on any atom is 0.309 e. The number of fused-ring (bicyclic) bond motifs is 3. The minimum absolute atomic E-state index is 0.0713. The average Bonchev–Trinajstić information content (AvgIpc) is 3.78. The molecule has 7 aliphatic carbocycles. The van der Waals surface area contributed by atoms with Crippen LogP contribution in [0.5, 0.6) is 0 Å². The minimum Gasteiger partial charge on any atom is -0.481 e. The smallest absolute Gasteiger partial charge is 0.309 e. The molecule has 14 atom stereocenters. The van der Waals surface area contributed by atoms with E-state index in [-0.39, 0.29) is 47.2 Å². The van der Waals surface area contributed by atoms with Crippen molar-refractivity contribution >= 4 is 5.97 Å². The number of hydrogen-bond acceptors (Lipinski definition) is 5. The van der Waals surface area contributed by atoms with E-state index in [2.05, 4.69) is 63.8 Å². The fourth-order valence-electron chi connectivity index (χ4n) is 18.1. The Morgan fingerprint density at radius 3 is 2.24 bits per heavy atom. The molecule has 9 rings (SSSR count). The third kappa shape index (κ3) is 5.21. The highest BCUT2D eigenvalue weighted by Crippen LogP contribution is 2.88. The highest BCUT2D eigenvalue weighted by Gasteiger charge is 2.87. The molecule has 0 amide bonds. The van der Waals surface area contributed by atoms with Crippen LogP contribution in [0.25, 0.3) is 0 Å². The largest absolute Gasteiger partial charge is 0.481 e. The molecular formula is C52H76O6. The Balaban J connectivity index is 1.24. The standard InChI is InChI=1S/C52H76O6/c1-6-13-39-50-31-30-49-22-12-18-37(20-19-36-14-10-11-15-36)21-23-48(40-33-45(3,43(55)56)25-24-44(40,2)26-27-46(48,49)4)29-28-47(49,5)51(50,35-53)41(54)34-52(39,57)58-42(50)32-38-16-8-7-9-17-38/h7-9,16-17,36-37,39-42,53-54,57H,6,10-11,13-15,18-21,23-35H2,1-5H3,(H,55,56)/t37-,39-,40+,41+,42+,44-,45+,46-,47+,48+,49+,50+,51-,52-/m0/s1. The number of ether oxygens (including phenoxy) is 1. The van der Waals surface area contributed by atoms with Crippen molar-refractivity contribution in [3.63, 3.8) is 0 Å². The van der Waals surface area contributed by atoms with E-state index >= 15 is 0 Å². The molecule has 1 aliphatic heterocycles. The fourth-order valence-corrected chi connectivity index (χ4v) is 18.1. The van der Waals surface area contributed by atoms with E-state index in [9.17, 15) is 25.2 Å². The number of rotatable bonds is 9. The van der Waals surface area contributed by atoms with Crippen LogP contribution in [-0.4, -0.2) is 51.0 Å². The van der Waals surface area contributed by atoms with Gasteiger partial charge in [-0.1, -0.05) is 102 Å². The van der Waals surface area contributed by atoms with E-state index < -0.39 is 44.9 Å². The van der Waals surface area contributed by atoms with Crippen molar-refractivity contribution in [1.29, 1.82) is 0 Å². The second kappa shape index (κ2) is 14.1. The summed E-state index contributed by atoms with van der Waals surface area (Å²) in [4.78, 5) is 13.2. The first-order valence-corrected chi connectivity index (χ1v) is 24.0. The summed E-state index contributed by atoms with van der Waals surface area (Å²) in [6, 6.07) is 10.5. The Kier molecular flexibility index (Phi) is 10.0. The van der Waals surface area contributed by atoms with Gasteiger partial charge in [0.15, 0.2) is 5.79 Å². The lowest BCUT2D eigenvalue weighted by Gasteiger charge is -2.81. The number of carboxylic acid groups (broad SMARTS) is 1. The Morgan fingerprint density at radius 2 is 1.53 bits per heavy atom. The van der Waals surface area contributed by atoms with E-state index in [4.69, 9.17) is 4.74 Å². The van der Waals surface area contributed by atoms with E-state index in [0.29, 0.717) is 12.3 Å². The number of aliphatic carboxylic acids is 1. The van der Waals surface area contributed by atoms with Crippen molar-refractivity contribution in [3.05, 3.63) is 35.9 Å². The first-order valence-electron chi connectivity index (χ1n) is 24.0. The molecule has 58 heavy (non-hydrogen) atoms. The number of aliphatic hydroxyl groups is 3. The zero-order valence-corrected chi connectivity index (χ0v) is 36.7. The molecule has 2 spiro atoms. The van der Waals surface area contributed by atoms with Crippen molar-refractivity contribution in [2.45, 2.75) is 194 Å². The number of aliphatic hydroxyl groups excluding tert-OH is 2. The third-order valence-corrected chi connectivity index (χ3v) is 21.3. The molecule has 4 bridgehead atoms. The summed E-state index contributed by atoms with van der Waals surface area (Å²) in [6.07, 6.45) is 20.1. The Labute approximate surface area is 350 Å². The van der Waals surface area contributed by atoms with Crippen LogP contribution in [0.1, 0.15) is 175 Å².